The molecule has 0 aromatic heterocycles. The minimum Gasteiger partial charge on any atom is -0.495 e. The average molecular weight is 637 g/mol. The number of carbonyl (C=O) groups is 1. The Labute approximate surface area is 270 Å². The number of para-hydroxylation sites is 2. The Bertz CT molecular complexity index is 1850. The summed E-state index contributed by atoms with van der Waals surface area (Å²) >= 11 is 8.15. The number of nitro groups is 1. The molecular formula is C35H29ClN4O4S. The van der Waals surface area contributed by atoms with Gasteiger partial charge in [0.25, 0.3) is 11.6 Å². The van der Waals surface area contributed by atoms with E-state index in [-0.39, 0.29) is 10.9 Å². The van der Waals surface area contributed by atoms with Crippen LogP contribution in [-0.2, 0) is 11.2 Å². The average Bonchev–Trinajstić information content (AvgIpc) is 3.05. The third kappa shape index (κ3) is 7.04. The molecular weight excluding hydrogens is 608 g/mol. The van der Waals surface area contributed by atoms with Gasteiger partial charge in [-0.25, -0.2) is 0 Å². The van der Waals surface area contributed by atoms with Crippen LogP contribution in [0.25, 0.3) is 0 Å². The molecule has 0 bridgehead atoms. The molecule has 2 atom stereocenters. The van der Waals surface area contributed by atoms with Crippen LogP contribution < -0.4 is 15.4 Å². The van der Waals surface area contributed by atoms with Crippen molar-refractivity contribution in [3.05, 3.63) is 157 Å². The number of methoxy groups -OCH3 is 1. The highest BCUT2D eigenvalue weighted by Crippen LogP contribution is 2.47. The van der Waals surface area contributed by atoms with E-state index < -0.39 is 16.7 Å². The number of rotatable bonds is 10. The summed E-state index contributed by atoms with van der Waals surface area (Å²) in [5.41, 5.74) is 4.15. The van der Waals surface area contributed by atoms with Crippen LogP contribution in [0.4, 0.5) is 11.4 Å². The quantitative estimate of drug-likeness (QED) is 0.133. The highest BCUT2D eigenvalue weighted by atomic mass is 35.5. The van der Waals surface area contributed by atoms with Gasteiger partial charge in [0.1, 0.15) is 5.75 Å². The SMILES string of the molecule is COc1ccccc1NC(=O)C1=C(C)NC(SC(Cc2cccc([N+](=O)[O-])c2)c2ccccc2)=C(C#N)C1c1ccccc1Cl. The Hall–Kier alpha value is -5.04. The van der Waals surface area contributed by atoms with E-state index in [1.165, 1.54) is 24.9 Å². The molecule has 0 saturated carbocycles. The zero-order valence-electron chi connectivity index (χ0n) is 24.5. The van der Waals surface area contributed by atoms with Gasteiger partial charge in [0.2, 0.25) is 0 Å². The molecule has 1 heterocycles. The molecule has 45 heavy (non-hydrogen) atoms. The third-order valence-corrected chi connectivity index (χ3v) is 9.06. The van der Waals surface area contributed by atoms with Crippen LogP contribution >= 0.6 is 23.4 Å². The molecule has 5 rings (SSSR count). The van der Waals surface area contributed by atoms with Gasteiger partial charge in [0, 0.05) is 33.7 Å². The van der Waals surface area contributed by atoms with Gasteiger partial charge in [-0.1, -0.05) is 96.2 Å². The molecule has 0 spiro atoms. The van der Waals surface area contributed by atoms with Crippen LogP contribution in [-0.4, -0.2) is 17.9 Å². The first-order valence-corrected chi connectivity index (χ1v) is 15.3. The number of hydrogen-bond donors (Lipinski definition) is 2. The summed E-state index contributed by atoms with van der Waals surface area (Å²) in [4.78, 5) is 25.0. The van der Waals surface area contributed by atoms with Crippen LogP contribution in [0.15, 0.2) is 125 Å². The molecule has 226 valence electrons. The van der Waals surface area contributed by atoms with Gasteiger partial charge in [-0.2, -0.15) is 5.26 Å². The van der Waals surface area contributed by atoms with Crippen molar-refractivity contribution in [3.63, 3.8) is 0 Å². The first kappa shape index (κ1) is 31.4. The topological polar surface area (TPSA) is 117 Å². The van der Waals surface area contributed by atoms with E-state index in [0.29, 0.717) is 50.3 Å². The molecule has 0 fully saturated rings. The Morgan fingerprint density at radius 2 is 1.78 bits per heavy atom. The predicted molar refractivity (Wildman–Crippen MR) is 178 cm³/mol. The number of carbonyl (C=O) groups excluding carboxylic acids is 1. The lowest BCUT2D eigenvalue weighted by Crippen LogP contribution is -2.31. The van der Waals surface area contributed by atoms with Crippen molar-refractivity contribution in [2.45, 2.75) is 24.5 Å². The van der Waals surface area contributed by atoms with Crippen LogP contribution in [0, 0.1) is 21.4 Å². The van der Waals surface area contributed by atoms with Gasteiger partial charge in [0.15, 0.2) is 0 Å². The highest BCUT2D eigenvalue weighted by Gasteiger charge is 2.37. The maximum absolute atomic E-state index is 14.0. The van der Waals surface area contributed by atoms with Crippen LogP contribution in [0.5, 0.6) is 5.75 Å². The van der Waals surface area contributed by atoms with Crippen molar-refractivity contribution in [1.29, 1.82) is 5.26 Å². The summed E-state index contributed by atoms with van der Waals surface area (Å²) in [6, 6.07) is 33.0. The lowest BCUT2D eigenvalue weighted by atomic mass is 9.82. The first-order valence-electron chi connectivity index (χ1n) is 14.1. The van der Waals surface area contributed by atoms with Crippen molar-refractivity contribution in [3.8, 4) is 11.8 Å². The Morgan fingerprint density at radius 3 is 2.49 bits per heavy atom. The number of halogens is 1. The lowest BCUT2D eigenvalue weighted by Gasteiger charge is -2.32. The zero-order valence-corrected chi connectivity index (χ0v) is 26.1. The Morgan fingerprint density at radius 1 is 1.07 bits per heavy atom. The van der Waals surface area contributed by atoms with E-state index in [1.807, 2.05) is 54.6 Å². The van der Waals surface area contributed by atoms with Gasteiger partial charge in [-0.3, -0.25) is 14.9 Å². The van der Waals surface area contributed by atoms with Crippen molar-refractivity contribution in [1.82, 2.24) is 5.32 Å². The fourth-order valence-electron chi connectivity index (χ4n) is 5.31. The molecule has 1 amide bonds. The molecule has 0 saturated heterocycles. The van der Waals surface area contributed by atoms with Gasteiger partial charge in [-0.15, -0.1) is 0 Å². The summed E-state index contributed by atoms with van der Waals surface area (Å²) in [6.07, 6.45) is 0.459. The maximum Gasteiger partial charge on any atom is 0.269 e. The standard InChI is InChI=1S/C35H29ClN4O4S/c1-22-32(34(41)39-29-17-8-9-18-30(29)44-2)33(26-15-6-7-16-28(26)36)27(21-37)35(38-22)45-31(24-12-4-3-5-13-24)20-23-11-10-14-25(19-23)40(42)43/h3-19,31,33,38H,20H2,1-2H3,(H,39,41). The molecule has 2 unspecified atom stereocenters. The van der Waals surface area contributed by atoms with E-state index >= 15 is 0 Å². The normalized spacial score (nSPS) is 15.1. The third-order valence-electron chi connectivity index (χ3n) is 7.44. The van der Waals surface area contributed by atoms with E-state index in [0.717, 1.165) is 11.1 Å². The number of ether oxygens (including phenoxy) is 1. The van der Waals surface area contributed by atoms with Gasteiger partial charge >= 0.3 is 0 Å². The Balaban J connectivity index is 1.58. The number of hydrogen-bond acceptors (Lipinski definition) is 7. The molecule has 2 N–H and O–H groups in total. The molecule has 4 aromatic rings. The number of anilines is 1. The lowest BCUT2D eigenvalue weighted by molar-refractivity contribution is -0.384. The number of nitro benzene ring substituents is 1. The van der Waals surface area contributed by atoms with Crippen molar-refractivity contribution in [2.75, 3.05) is 12.4 Å². The summed E-state index contributed by atoms with van der Waals surface area (Å²) in [5.74, 6) is -0.667. The van der Waals surface area contributed by atoms with Crippen LogP contribution in [0.3, 0.4) is 0 Å². The number of nitrogens with one attached hydrogen (secondary N) is 2. The van der Waals surface area contributed by atoms with Crippen molar-refractivity contribution < 1.29 is 14.5 Å². The van der Waals surface area contributed by atoms with Gasteiger partial charge in [-0.05, 0) is 48.2 Å². The summed E-state index contributed by atoms with van der Waals surface area (Å²) in [7, 11) is 1.53. The van der Waals surface area contributed by atoms with Crippen LogP contribution in [0.1, 0.15) is 34.8 Å². The molecule has 10 heteroatoms. The Kier molecular flexibility index (Phi) is 9.88. The highest BCUT2D eigenvalue weighted by molar-refractivity contribution is 8.03. The van der Waals surface area contributed by atoms with Crippen LogP contribution in [0.2, 0.25) is 5.02 Å². The fourth-order valence-corrected chi connectivity index (χ4v) is 6.91. The number of thioether (sulfide) groups is 1. The molecule has 0 radical (unpaired) electrons. The van der Waals surface area contributed by atoms with Gasteiger partial charge < -0.3 is 15.4 Å². The van der Waals surface area contributed by atoms with E-state index in [1.54, 1.807) is 49.4 Å². The number of dihydropyridines is 1. The summed E-state index contributed by atoms with van der Waals surface area (Å²) in [6.45, 7) is 1.80. The van der Waals surface area contributed by atoms with Crippen molar-refractivity contribution in [2.24, 2.45) is 0 Å². The fraction of sp³-hybridized carbons (Fsp3) is 0.143. The number of amides is 1. The maximum atomic E-state index is 14.0. The summed E-state index contributed by atoms with van der Waals surface area (Å²) < 4.78 is 5.44. The minimum absolute atomic E-state index is 0.0142. The number of nitrogens with zero attached hydrogens (tertiary/aromatic N) is 2. The first-order chi connectivity index (χ1) is 21.8. The van der Waals surface area contributed by atoms with E-state index in [2.05, 4.69) is 16.7 Å². The predicted octanol–water partition coefficient (Wildman–Crippen LogP) is 8.31. The number of nitriles is 1. The number of allylic oxidation sites excluding steroid dienone is 2. The molecule has 8 nitrogen and oxygen atoms in total. The number of non-ortho nitro benzene ring substituents is 1. The second-order valence-corrected chi connectivity index (χ2v) is 11.9. The second kappa shape index (κ2) is 14.2. The zero-order chi connectivity index (χ0) is 31.9. The second-order valence-electron chi connectivity index (χ2n) is 10.3. The molecule has 0 aliphatic carbocycles. The van der Waals surface area contributed by atoms with E-state index in [4.69, 9.17) is 16.3 Å². The molecule has 1 aliphatic heterocycles. The smallest absolute Gasteiger partial charge is 0.269 e. The summed E-state index contributed by atoms with van der Waals surface area (Å²) in [5, 5.41) is 29.2. The van der Waals surface area contributed by atoms with E-state index in [9.17, 15) is 20.2 Å². The number of benzene rings is 4. The monoisotopic (exact) mass is 636 g/mol. The van der Waals surface area contributed by atoms with Gasteiger partial charge in [0.05, 0.1) is 40.3 Å². The molecule has 1 aliphatic rings. The minimum atomic E-state index is -0.767. The molecule has 4 aromatic carbocycles. The largest absolute Gasteiger partial charge is 0.495 e. The van der Waals surface area contributed by atoms with Crippen molar-refractivity contribution >= 4 is 40.6 Å².